The standard InChI is InChI=1S/C71H42/c1-2-19-44-40-46(37-36-43(44)18-1)45-20-17-21-47(41-45)65-56-29-8-10-31-58(56)66(59-32-11-9-30-57(59)65)48-38-39-61-62(42-48)51-24-4-7-28-55(51)68-67-54-27-6-3-22-49(54)50-23-5-12-33-60(50)69(67)71(70(61)68)63-34-15-13-25-52(63)53-26-14-16-35-64(53)71/h1-42H. The van der Waals surface area contributed by atoms with Crippen LogP contribution in [0.2, 0.25) is 0 Å². The van der Waals surface area contributed by atoms with Crippen LogP contribution in [0.4, 0.5) is 0 Å². The zero-order valence-corrected chi connectivity index (χ0v) is 38.7. The maximum atomic E-state index is 2.53. The largest absolute Gasteiger partial charge is 0.0738 e. The molecule has 0 heterocycles. The summed E-state index contributed by atoms with van der Waals surface area (Å²) in [7, 11) is 0. The van der Waals surface area contributed by atoms with Gasteiger partial charge in [0.15, 0.2) is 0 Å². The Labute approximate surface area is 411 Å². The summed E-state index contributed by atoms with van der Waals surface area (Å²) < 4.78 is 0. The Bertz CT molecular complexity index is 4540. The Morgan fingerprint density at radius 1 is 0.197 bits per heavy atom. The molecule has 16 rings (SSSR count). The van der Waals surface area contributed by atoms with Crippen LogP contribution in [0, 0.1) is 0 Å². The molecule has 0 nitrogen and oxygen atoms in total. The van der Waals surface area contributed by atoms with Gasteiger partial charge in [-0.2, -0.15) is 0 Å². The number of benzene rings is 14. The maximum absolute atomic E-state index is 2.53. The lowest BCUT2D eigenvalue weighted by Gasteiger charge is -2.33. The van der Waals surface area contributed by atoms with Crippen molar-refractivity contribution in [2.24, 2.45) is 0 Å². The van der Waals surface area contributed by atoms with E-state index in [2.05, 4.69) is 255 Å². The third kappa shape index (κ3) is 5.13. The molecule has 0 aliphatic heterocycles. The van der Waals surface area contributed by atoms with Crippen molar-refractivity contribution in [3.05, 3.63) is 277 Å². The molecule has 0 atom stereocenters. The van der Waals surface area contributed by atoms with Gasteiger partial charge in [0, 0.05) is 0 Å². The third-order valence-electron chi connectivity index (χ3n) is 16.4. The highest BCUT2D eigenvalue weighted by Gasteiger charge is 2.54. The Kier molecular flexibility index (Phi) is 7.91. The summed E-state index contributed by atoms with van der Waals surface area (Å²) in [6.07, 6.45) is 0. The van der Waals surface area contributed by atoms with Gasteiger partial charge in [0.1, 0.15) is 0 Å². The first-order valence-electron chi connectivity index (χ1n) is 24.9. The van der Waals surface area contributed by atoms with Gasteiger partial charge in [0.05, 0.1) is 5.41 Å². The average Bonchev–Trinajstić information content (AvgIpc) is 3.94. The molecule has 71 heavy (non-hydrogen) atoms. The minimum Gasteiger partial charge on any atom is -0.0619 e. The molecule has 0 heteroatoms. The Hall–Kier alpha value is -9.10. The van der Waals surface area contributed by atoms with Crippen LogP contribution in [-0.2, 0) is 5.41 Å². The van der Waals surface area contributed by atoms with Crippen LogP contribution in [0.3, 0.4) is 0 Å². The van der Waals surface area contributed by atoms with Gasteiger partial charge in [-0.3, -0.25) is 0 Å². The van der Waals surface area contributed by atoms with Crippen LogP contribution >= 0.6 is 0 Å². The van der Waals surface area contributed by atoms with E-state index in [0.29, 0.717) is 0 Å². The summed E-state index contributed by atoms with van der Waals surface area (Å²) in [5, 5.41) is 17.9. The molecule has 0 saturated heterocycles. The van der Waals surface area contributed by atoms with Crippen molar-refractivity contribution in [2.75, 3.05) is 0 Å². The van der Waals surface area contributed by atoms with E-state index < -0.39 is 5.41 Å². The van der Waals surface area contributed by atoms with E-state index in [0.717, 1.165) is 0 Å². The van der Waals surface area contributed by atoms with Gasteiger partial charge < -0.3 is 0 Å². The van der Waals surface area contributed by atoms with Crippen molar-refractivity contribution in [1.82, 2.24) is 0 Å². The molecular weight excluding hydrogens is 853 g/mol. The summed E-state index contributed by atoms with van der Waals surface area (Å²) in [5.74, 6) is 0. The van der Waals surface area contributed by atoms with Gasteiger partial charge in [-0.15, -0.1) is 0 Å². The molecule has 0 radical (unpaired) electrons. The molecule has 0 N–H and O–H groups in total. The molecule has 0 unspecified atom stereocenters. The SMILES string of the molecule is c1cc(-c2ccc3ccccc3c2)cc(-c2c3ccccc3c(-c3ccc4c5c(c6ccccc6c4c3)-c3c(c4ccccc4c4ccccc34)C53c4ccccc4-c4ccccc43)c3ccccc23)c1. The molecule has 14 aromatic carbocycles. The minimum atomic E-state index is -0.562. The predicted molar refractivity (Wildman–Crippen MR) is 302 cm³/mol. The van der Waals surface area contributed by atoms with Gasteiger partial charge >= 0.3 is 0 Å². The van der Waals surface area contributed by atoms with E-state index in [4.69, 9.17) is 0 Å². The van der Waals surface area contributed by atoms with Crippen molar-refractivity contribution >= 4 is 75.4 Å². The number of hydrogen-bond donors (Lipinski definition) is 0. The fourth-order valence-corrected chi connectivity index (χ4v) is 13.7. The third-order valence-corrected chi connectivity index (χ3v) is 16.4. The fourth-order valence-electron chi connectivity index (χ4n) is 13.7. The van der Waals surface area contributed by atoms with Crippen LogP contribution < -0.4 is 0 Å². The summed E-state index contributed by atoms with van der Waals surface area (Å²) in [5.41, 5.74) is 17.7. The number of rotatable bonds is 3. The lowest BCUT2D eigenvalue weighted by atomic mass is 9.67. The van der Waals surface area contributed by atoms with Gasteiger partial charge in [-0.25, -0.2) is 0 Å². The van der Waals surface area contributed by atoms with Crippen molar-refractivity contribution in [3.63, 3.8) is 0 Å². The van der Waals surface area contributed by atoms with Gasteiger partial charge in [0.2, 0.25) is 0 Å². The highest BCUT2D eigenvalue weighted by atomic mass is 14.5. The number of fused-ring (bicyclic) bond motifs is 23. The average molecular weight is 895 g/mol. The zero-order chi connectivity index (χ0) is 46.4. The Morgan fingerprint density at radius 2 is 0.577 bits per heavy atom. The Balaban J connectivity index is 1.00. The van der Waals surface area contributed by atoms with E-state index >= 15 is 0 Å². The second-order valence-corrected chi connectivity index (χ2v) is 19.7. The topological polar surface area (TPSA) is 0 Å². The molecule has 2 aliphatic carbocycles. The first kappa shape index (κ1) is 38.8. The Morgan fingerprint density at radius 3 is 1.15 bits per heavy atom. The molecule has 2 aliphatic rings. The quantitative estimate of drug-likeness (QED) is 0.122. The molecule has 14 aromatic rings. The molecule has 0 fully saturated rings. The van der Waals surface area contributed by atoms with Gasteiger partial charge in [-0.05, 0) is 171 Å². The van der Waals surface area contributed by atoms with Gasteiger partial charge in [-0.1, -0.05) is 237 Å². The van der Waals surface area contributed by atoms with Crippen molar-refractivity contribution in [3.8, 4) is 55.6 Å². The molecule has 326 valence electrons. The van der Waals surface area contributed by atoms with Crippen molar-refractivity contribution in [2.45, 2.75) is 5.41 Å². The summed E-state index contributed by atoms with van der Waals surface area (Å²) >= 11 is 0. The first-order chi connectivity index (χ1) is 35.3. The second kappa shape index (κ2) is 14.5. The van der Waals surface area contributed by atoms with E-state index in [1.165, 1.54) is 153 Å². The van der Waals surface area contributed by atoms with E-state index in [1.807, 2.05) is 0 Å². The summed E-state index contributed by atoms with van der Waals surface area (Å²) in [4.78, 5) is 0. The molecule has 0 saturated carbocycles. The normalized spacial score (nSPS) is 13.2. The second-order valence-electron chi connectivity index (χ2n) is 19.7. The highest BCUT2D eigenvalue weighted by Crippen LogP contribution is 2.68. The molecular formula is C71H42. The highest BCUT2D eigenvalue weighted by molar-refractivity contribution is 6.29. The molecule has 1 spiro atoms. The van der Waals surface area contributed by atoms with Crippen LogP contribution in [0.5, 0.6) is 0 Å². The van der Waals surface area contributed by atoms with Crippen molar-refractivity contribution < 1.29 is 0 Å². The smallest absolute Gasteiger partial charge is 0.0619 e. The van der Waals surface area contributed by atoms with Crippen LogP contribution in [-0.4, -0.2) is 0 Å². The van der Waals surface area contributed by atoms with E-state index in [-0.39, 0.29) is 0 Å². The van der Waals surface area contributed by atoms with Crippen LogP contribution in [0.15, 0.2) is 255 Å². The minimum absolute atomic E-state index is 0.562. The van der Waals surface area contributed by atoms with E-state index in [1.54, 1.807) is 0 Å². The monoisotopic (exact) mass is 894 g/mol. The lowest BCUT2D eigenvalue weighted by molar-refractivity contribution is 0.810. The maximum Gasteiger partial charge on any atom is 0.0738 e. The van der Waals surface area contributed by atoms with Crippen LogP contribution in [0.25, 0.3) is 131 Å². The van der Waals surface area contributed by atoms with Crippen LogP contribution in [0.1, 0.15) is 22.3 Å². The first-order valence-corrected chi connectivity index (χ1v) is 24.9. The molecule has 0 aromatic heterocycles. The molecule has 0 bridgehead atoms. The number of hydrogen-bond acceptors (Lipinski definition) is 0. The summed E-state index contributed by atoms with van der Waals surface area (Å²) in [6, 6.07) is 96.3. The van der Waals surface area contributed by atoms with Crippen molar-refractivity contribution in [1.29, 1.82) is 0 Å². The fraction of sp³-hybridized carbons (Fsp3) is 0.0141. The lowest BCUT2D eigenvalue weighted by Crippen LogP contribution is -2.26. The zero-order valence-electron chi connectivity index (χ0n) is 38.7. The summed E-state index contributed by atoms with van der Waals surface area (Å²) in [6.45, 7) is 0. The van der Waals surface area contributed by atoms with Gasteiger partial charge in [0.25, 0.3) is 0 Å². The molecule has 0 amide bonds. The van der Waals surface area contributed by atoms with E-state index in [9.17, 15) is 0 Å². The predicted octanol–water partition coefficient (Wildman–Crippen LogP) is 19.1.